The van der Waals surface area contributed by atoms with Crippen molar-refractivity contribution in [3.05, 3.63) is 29.3 Å². The van der Waals surface area contributed by atoms with Gasteiger partial charge in [0.15, 0.2) is 0 Å². The van der Waals surface area contributed by atoms with E-state index >= 15 is 0 Å². The first-order valence-corrected chi connectivity index (χ1v) is 8.37. The van der Waals surface area contributed by atoms with Crippen LogP contribution in [0.1, 0.15) is 25.0 Å². The fourth-order valence-corrected chi connectivity index (χ4v) is 3.66. The molecular weight excluding hydrogens is 290 g/mol. The van der Waals surface area contributed by atoms with Gasteiger partial charge in [-0.3, -0.25) is 4.79 Å². The van der Waals surface area contributed by atoms with Crippen LogP contribution >= 0.6 is 0 Å². The molecule has 0 saturated heterocycles. The van der Waals surface area contributed by atoms with E-state index in [2.05, 4.69) is 5.32 Å². The van der Waals surface area contributed by atoms with Gasteiger partial charge in [0, 0.05) is 19.6 Å². The highest BCUT2D eigenvalue weighted by Gasteiger charge is 2.26. The van der Waals surface area contributed by atoms with Crippen LogP contribution < -0.4 is 11.1 Å². The monoisotopic (exact) mass is 313 g/mol. The Morgan fingerprint density at radius 2 is 2.00 bits per heavy atom. The first-order valence-electron chi connectivity index (χ1n) is 6.93. The minimum absolute atomic E-state index is 0.176. The third-order valence-corrected chi connectivity index (χ3v) is 5.22. The largest absolute Gasteiger partial charge is 0.355 e. The third kappa shape index (κ3) is 4.26. The number of aryl methyl sites for hydroxylation is 1. The SMILES string of the molecule is CCNC(=O)CN(CC)S(=O)(=O)c1ccc(CN)cc1C. The van der Waals surface area contributed by atoms with Crippen LogP contribution in [0.4, 0.5) is 0 Å². The van der Waals surface area contributed by atoms with Crippen molar-refractivity contribution in [2.75, 3.05) is 19.6 Å². The van der Waals surface area contributed by atoms with Crippen molar-refractivity contribution >= 4 is 15.9 Å². The number of hydrogen-bond acceptors (Lipinski definition) is 4. The highest BCUT2D eigenvalue weighted by molar-refractivity contribution is 7.89. The normalized spacial score (nSPS) is 11.7. The van der Waals surface area contributed by atoms with E-state index in [0.717, 1.165) is 5.56 Å². The van der Waals surface area contributed by atoms with Gasteiger partial charge in [-0.25, -0.2) is 8.42 Å². The number of carbonyl (C=O) groups excluding carboxylic acids is 1. The molecule has 0 bridgehead atoms. The van der Waals surface area contributed by atoms with Gasteiger partial charge in [-0.2, -0.15) is 4.31 Å². The topological polar surface area (TPSA) is 92.5 Å². The number of nitrogens with one attached hydrogen (secondary N) is 1. The fourth-order valence-electron chi connectivity index (χ4n) is 2.05. The lowest BCUT2D eigenvalue weighted by Crippen LogP contribution is -2.40. The lowest BCUT2D eigenvalue weighted by atomic mass is 10.1. The molecule has 1 amide bonds. The molecule has 1 aromatic rings. The Kier molecular flexibility index (Phi) is 6.32. The Bertz CT molecular complexity index is 599. The molecule has 7 heteroatoms. The molecule has 0 aliphatic carbocycles. The summed E-state index contributed by atoms with van der Waals surface area (Å²) >= 11 is 0. The average molecular weight is 313 g/mol. The summed E-state index contributed by atoms with van der Waals surface area (Å²) in [6.07, 6.45) is 0. The highest BCUT2D eigenvalue weighted by atomic mass is 32.2. The first-order chi connectivity index (χ1) is 9.86. The minimum Gasteiger partial charge on any atom is -0.355 e. The Balaban J connectivity index is 3.10. The van der Waals surface area contributed by atoms with Crippen LogP contribution in [0, 0.1) is 6.92 Å². The molecule has 1 rings (SSSR count). The number of benzene rings is 1. The van der Waals surface area contributed by atoms with E-state index in [1.165, 1.54) is 4.31 Å². The molecule has 0 spiro atoms. The molecular formula is C14H23N3O3S. The van der Waals surface area contributed by atoms with E-state index < -0.39 is 10.0 Å². The van der Waals surface area contributed by atoms with Crippen LogP contribution in [0.15, 0.2) is 23.1 Å². The van der Waals surface area contributed by atoms with Gasteiger partial charge < -0.3 is 11.1 Å². The zero-order valence-corrected chi connectivity index (χ0v) is 13.5. The molecule has 0 aromatic heterocycles. The number of sulfonamides is 1. The predicted molar refractivity (Wildman–Crippen MR) is 82.2 cm³/mol. The Morgan fingerprint density at radius 3 is 2.48 bits per heavy atom. The fraction of sp³-hybridized carbons (Fsp3) is 0.500. The maximum atomic E-state index is 12.6. The number of nitrogens with two attached hydrogens (primary N) is 1. The molecule has 6 nitrogen and oxygen atoms in total. The quantitative estimate of drug-likeness (QED) is 0.771. The maximum absolute atomic E-state index is 12.6. The number of likely N-dealkylation sites (N-methyl/N-ethyl adjacent to an activating group) is 2. The number of carbonyl (C=O) groups is 1. The second-order valence-electron chi connectivity index (χ2n) is 4.69. The van der Waals surface area contributed by atoms with E-state index in [1.807, 2.05) is 0 Å². The Morgan fingerprint density at radius 1 is 1.33 bits per heavy atom. The van der Waals surface area contributed by atoms with Crippen molar-refractivity contribution in [3.8, 4) is 0 Å². The molecule has 0 radical (unpaired) electrons. The summed E-state index contributed by atoms with van der Waals surface area (Å²) in [6.45, 7) is 6.12. The molecule has 118 valence electrons. The summed E-state index contributed by atoms with van der Waals surface area (Å²) in [4.78, 5) is 11.9. The molecule has 1 aromatic carbocycles. The van der Waals surface area contributed by atoms with Gasteiger partial charge in [0.05, 0.1) is 11.4 Å². The van der Waals surface area contributed by atoms with Gasteiger partial charge in [0.1, 0.15) is 0 Å². The van der Waals surface area contributed by atoms with Crippen molar-refractivity contribution in [1.82, 2.24) is 9.62 Å². The van der Waals surface area contributed by atoms with Crippen molar-refractivity contribution in [2.24, 2.45) is 5.73 Å². The Labute approximate surface area is 126 Å². The van der Waals surface area contributed by atoms with E-state index in [4.69, 9.17) is 5.73 Å². The molecule has 0 heterocycles. The molecule has 3 N–H and O–H groups in total. The lowest BCUT2D eigenvalue weighted by molar-refractivity contribution is -0.121. The van der Waals surface area contributed by atoms with Crippen LogP contribution in [-0.2, 0) is 21.4 Å². The van der Waals surface area contributed by atoms with Crippen molar-refractivity contribution in [1.29, 1.82) is 0 Å². The van der Waals surface area contributed by atoms with E-state index in [1.54, 1.807) is 39.0 Å². The first kappa shape index (κ1) is 17.6. The summed E-state index contributed by atoms with van der Waals surface area (Å²) in [7, 11) is -3.69. The molecule has 0 fully saturated rings. The summed E-state index contributed by atoms with van der Waals surface area (Å²) < 4.78 is 26.4. The number of hydrogen-bond donors (Lipinski definition) is 2. The molecule has 0 atom stereocenters. The van der Waals surface area contributed by atoms with Gasteiger partial charge in [0.2, 0.25) is 15.9 Å². The summed E-state index contributed by atoms with van der Waals surface area (Å²) in [5.41, 5.74) is 7.06. The van der Waals surface area contributed by atoms with E-state index in [9.17, 15) is 13.2 Å². The summed E-state index contributed by atoms with van der Waals surface area (Å²) in [5, 5.41) is 2.61. The lowest BCUT2D eigenvalue weighted by Gasteiger charge is -2.21. The van der Waals surface area contributed by atoms with E-state index in [-0.39, 0.29) is 23.9 Å². The number of nitrogens with zero attached hydrogens (tertiary/aromatic N) is 1. The van der Waals surface area contributed by atoms with Crippen molar-refractivity contribution in [3.63, 3.8) is 0 Å². The van der Waals surface area contributed by atoms with Crippen LogP contribution in [0.5, 0.6) is 0 Å². The van der Waals surface area contributed by atoms with E-state index in [0.29, 0.717) is 18.7 Å². The van der Waals surface area contributed by atoms with Crippen LogP contribution in [0.2, 0.25) is 0 Å². The molecule has 0 aliphatic heterocycles. The standard InChI is InChI=1S/C14H23N3O3S/c1-4-16-14(18)10-17(5-2)21(19,20)13-7-6-12(9-15)8-11(13)3/h6-8H,4-5,9-10,15H2,1-3H3,(H,16,18). The van der Waals surface area contributed by atoms with Gasteiger partial charge in [-0.15, -0.1) is 0 Å². The van der Waals surface area contributed by atoms with Gasteiger partial charge in [-0.05, 0) is 31.0 Å². The molecule has 21 heavy (non-hydrogen) atoms. The van der Waals surface area contributed by atoms with Gasteiger partial charge in [-0.1, -0.05) is 19.1 Å². The maximum Gasteiger partial charge on any atom is 0.243 e. The van der Waals surface area contributed by atoms with Crippen LogP contribution in [0.3, 0.4) is 0 Å². The molecule has 0 saturated carbocycles. The number of amides is 1. The Hall–Kier alpha value is -1.44. The molecule has 0 aliphatic rings. The van der Waals surface area contributed by atoms with Gasteiger partial charge >= 0.3 is 0 Å². The second kappa shape index (κ2) is 7.53. The smallest absolute Gasteiger partial charge is 0.243 e. The predicted octanol–water partition coefficient (Wildman–Crippen LogP) is 0.600. The van der Waals surface area contributed by atoms with Crippen molar-refractivity contribution in [2.45, 2.75) is 32.2 Å². The van der Waals surface area contributed by atoms with Crippen molar-refractivity contribution < 1.29 is 13.2 Å². The highest BCUT2D eigenvalue weighted by Crippen LogP contribution is 2.20. The zero-order chi connectivity index (χ0) is 16.0. The zero-order valence-electron chi connectivity index (χ0n) is 12.7. The van der Waals surface area contributed by atoms with Gasteiger partial charge in [0.25, 0.3) is 0 Å². The molecule has 0 unspecified atom stereocenters. The second-order valence-corrected chi connectivity index (χ2v) is 6.60. The number of rotatable bonds is 7. The third-order valence-electron chi connectivity index (χ3n) is 3.14. The minimum atomic E-state index is -3.69. The van der Waals surface area contributed by atoms with Crippen LogP contribution in [-0.4, -0.2) is 38.3 Å². The average Bonchev–Trinajstić information content (AvgIpc) is 2.44. The summed E-state index contributed by atoms with van der Waals surface area (Å²) in [6, 6.07) is 5.00. The van der Waals surface area contributed by atoms with Crippen LogP contribution in [0.25, 0.3) is 0 Å². The summed E-state index contributed by atoms with van der Waals surface area (Å²) in [5.74, 6) is -0.306.